The van der Waals surface area contributed by atoms with E-state index < -0.39 is 0 Å². The minimum atomic E-state index is -0.101. The molecule has 2 heterocycles. The Morgan fingerprint density at radius 3 is 2.94 bits per heavy atom. The Kier molecular flexibility index (Phi) is 4.16. The summed E-state index contributed by atoms with van der Waals surface area (Å²) in [5.74, 6) is -0.101. The van der Waals surface area contributed by atoms with Crippen LogP contribution >= 0.6 is 0 Å². The van der Waals surface area contributed by atoms with E-state index in [1.165, 1.54) is 6.20 Å². The Labute approximate surface area is 106 Å². The molecule has 1 saturated heterocycles. The molecule has 0 aliphatic carbocycles. The SMILES string of the molecule is Nc1cn[nH]c1C(=O)N1CCCN(CCO)CC1. The minimum Gasteiger partial charge on any atom is -0.396 e. The molecule has 0 atom stereocenters. The topological polar surface area (TPSA) is 98.5 Å². The second kappa shape index (κ2) is 5.83. The van der Waals surface area contributed by atoms with Crippen LogP contribution in [0.3, 0.4) is 0 Å². The van der Waals surface area contributed by atoms with Crippen molar-refractivity contribution in [3.63, 3.8) is 0 Å². The van der Waals surface area contributed by atoms with E-state index in [9.17, 15) is 4.79 Å². The summed E-state index contributed by atoms with van der Waals surface area (Å²) in [6, 6.07) is 0. The standard InChI is InChI=1S/C11H19N5O2/c12-9-8-13-14-10(9)11(18)16-3-1-2-15(4-5-16)6-7-17/h8,17H,1-7,12H2,(H,13,14). The van der Waals surface area contributed by atoms with Crippen LogP contribution in [0.15, 0.2) is 6.20 Å². The number of carbonyl (C=O) groups excluding carboxylic acids is 1. The molecule has 7 heteroatoms. The molecular formula is C11H19N5O2. The monoisotopic (exact) mass is 253 g/mol. The summed E-state index contributed by atoms with van der Waals surface area (Å²) in [7, 11) is 0. The van der Waals surface area contributed by atoms with E-state index in [2.05, 4.69) is 15.1 Å². The summed E-state index contributed by atoms with van der Waals surface area (Å²) in [5.41, 5.74) is 6.43. The van der Waals surface area contributed by atoms with Crippen molar-refractivity contribution in [3.05, 3.63) is 11.9 Å². The lowest BCUT2D eigenvalue weighted by molar-refractivity contribution is 0.0755. The molecule has 18 heavy (non-hydrogen) atoms. The van der Waals surface area contributed by atoms with Gasteiger partial charge < -0.3 is 15.7 Å². The Hall–Kier alpha value is -1.60. The normalized spacial score (nSPS) is 17.7. The van der Waals surface area contributed by atoms with Crippen LogP contribution in [0.4, 0.5) is 5.69 Å². The number of carbonyl (C=O) groups is 1. The van der Waals surface area contributed by atoms with E-state index in [0.717, 1.165) is 19.5 Å². The lowest BCUT2D eigenvalue weighted by atomic mass is 10.3. The van der Waals surface area contributed by atoms with Crippen molar-refractivity contribution in [2.24, 2.45) is 0 Å². The molecule has 7 nitrogen and oxygen atoms in total. The van der Waals surface area contributed by atoms with Crippen molar-refractivity contribution in [2.75, 3.05) is 45.1 Å². The van der Waals surface area contributed by atoms with Gasteiger partial charge in [0, 0.05) is 26.2 Å². The zero-order chi connectivity index (χ0) is 13.0. The Morgan fingerprint density at radius 1 is 1.44 bits per heavy atom. The number of hydrogen-bond acceptors (Lipinski definition) is 5. The lowest BCUT2D eigenvalue weighted by Gasteiger charge is -2.21. The lowest BCUT2D eigenvalue weighted by Crippen LogP contribution is -2.36. The van der Waals surface area contributed by atoms with Crippen LogP contribution in [0.1, 0.15) is 16.9 Å². The average molecular weight is 253 g/mol. The van der Waals surface area contributed by atoms with Gasteiger partial charge in [0.1, 0.15) is 5.69 Å². The summed E-state index contributed by atoms with van der Waals surface area (Å²) < 4.78 is 0. The van der Waals surface area contributed by atoms with E-state index in [0.29, 0.717) is 31.0 Å². The van der Waals surface area contributed by atoms with E-state index in [1.54, 1.807) is 4.90 Å². The van der Waals surface area contributed by atoms with Gasteiger partial charge in [0.2, 0.25) is 0 Å². The fourth-order valence-electron chi connectivity index (χ4n) is 2.16. The van der Waals surface area contributed by atoms with Gasteiger partial charge in [-0.3, -0.25) is 14.8 Å². The van der Waals surface area contributed by atoms with Gasteiger partial charge in [-0.2, -0.15) is 5.10 Å². The van der Waals surface area contributed by atoms with Gasteiger partial charge in [-0.05, 0) is 13.0 Å². The number of nitrogens with two attached hydrogens (primary N) is 1. The highest BCUT2D eigenvalue weighted by Gasteiger charge is 2.22. The van der Waals surface area contributed by atoms with Gasteiger partial charge in [-0.25, -0.2) is 0 Å². The summed E-state index contributed by atoms with van der Waals surface area (Å²) in [6.07, 6.45) is 2.35. The van der Waals surface area contributed by atoms with E-state index in [1.807, 2.05) is 0 Å². The predicted octanol–water partition coefficient (Wildman–Crippen LogP) is -0.868. The van der Waals surface area contributed by atoms with Gasteiger partial charge in [0.25, 0.3) is 5.91 Å². The maximum absolute atomic E-state index is 12.2. The molecule has 0 aromatic carbocycles. The van der Waals surface area contributed by atoms with Crippen LogP contribution in [0, 0.1) is 0 Å². The number of nitrogens with zero attached hydrogens (tertiary/aromatic N) is 3. The van der Waals surface area contributed by atoms with Crippen molar-refractivity contribution in [1.82, 2.24) is 20.0 Å². The molecule has 1 aliphatic rings. The van der Waals surface area contributed by atoms with Gasteiger partial charge in [0.15, 0.2) is 0 Å². The number of hydrogen-bond donors (Lipinski definition) is 3. The number of H-pyrrole nitrogens is 1. The Bertz CT molecular complexity index is 406. The molecular weight excluding hydrogens is 234 g/mol. The maximum atomic E-state index is 12.2. The molecule has 100 valence electrons. The van der Waals surface area contributed by atoms with Crippen LogP contribution < -0.4 is 5.73 Å². The number of β-amino-alcohol motifs (C(OH)–C–C–N with tert-alkyl or cyclic N) is 1. The molecule has 1 amide bonds. The first-order valence-corrected chi connectivity index (χ1v) is 6.13. The van der Waals surface area contributed by atoms with Crippen LogP contribution in [-0.2, 0) is 0 Å². The largest absolute Gasteiger partial charge is 0.396 e. The molecule has 0 radical (unpaired) electrons. The molecule has 0 bridgehead atoms. The predicted molar refractivity (Wildman–Crippen MR) is 67.0 cm³/mol. The number of amides is 1. The molecule has 0 unspecified atom stereocenters. The van der Waals surface area contributed by atoms with Crippen molar-refractivity contribution in [3.8, 4) is 0 Å². The average Bonchev–Trinajstić information content (AvgIpc) is 2.64. The first-order valence-electron chi connectivity index (χ1n) is 6.13. The molecule has 1 fully saturated rings. The molecule has 0 spiro atoms. The van der Waals surface area contributed by atoms with Gasteiger partial charge in [-0.1, -0.05) is 0 Å². The number of aliphatic hydroxyl groups excluding tert-OH is 1. The smallest absolute Gasteiger partial charge is 0.274 e. The first kappa shape index (κ1) is 12.8. The van der Waals surface area contributed by atoms with E-state index in [-0.39, 0.29) is 12.5 Å². The highest BCUT2D eigenvalue weighted by Crippen LogP contribution is 2.12. The van der Waals surface area contributed by atoms with Crippen LogP contribution in [0.25, 0.3) is 0 Å². The fourth-order valence-corrected chi connectivity index (χ4v) is 2.16. The molecule has 1 aromatic rings. The number of aromatic amines is 1. The molecule has 2 rings (SSSR count). The number of aromatic nitrogens is 2. The number of nitrogen functional groups attached to an aromatic ring is 1. The van der Waals surface area contributed by atoms with Crippen molar-refractivity contribution in [1.29, 1.82) is 0 Å². The van der Waals surface area contributed by atoms with Crippen molar-refractivity contribution >= 4 is 11.6 Å². The summed E-state index contributed by atoms with van der Waals surface area (Å²) >= 11 is 0. The number of aliphatic hydroxyl groups is 1. The second-order valence-electron chi connectivity index (χ2n) is 4.41. The highest BCUT2D eigenvalue weighted by molar-refractivity contribution is 5.97. The van der Waals surface area contributed by atoms with Crippen molar-refractivity contribution in [2.45, 2.75) is 6.42 Å². The van der Waals surface area contributed by atoms with Crippen LogP contribution in [0.5, 0.6) is 0 Å². The van der Waals surface area contributed by atoms with Crippen LogP contribution in [-0.4, -0.2) is 70.3 Å². The molecule has 1 aromatic heterocycles. The third-order valence-corrected chi connectivity index (χ3v) is 3.17. The van der Waals surface area contributed by atoms with Crippen LogP contribution in [0.2, 0.25) is 0 Å². The van der Waals surface area contributed by atoms with Gasteiger partial charge >= 0.3 is 0 Å². The summed E-state index contributed by atoms with van der Waals surface area (Å²) in [6.45, 7) is 3.86. The van der Waals surface area contributed by atoms with Gasteiger partial charge in [0.05, 0.1) is 18.5 Å². The van der Waals surface area contributed by atoms with E-state index in [4.69, 9.17) is 10.8 Å². The molecule has 0 saturated carbocycles. The summed E-state index contributed by atoms with van der Waals surface area (Å²) in [5, 5.41) is 15.3. The van der Waals surface area contributed by atoms with E-state index >= 15 is 0 Å². The van der Waals surface area contributed by atoms with Gasteiger partial charge in [-0.15, -0.1) is 0 Å². The highest BCUT2D eigenvalue weighted by atomic mass is 16.3. The third-order valence-electron chi connectivity index (χ3n) is 3.17. The van der Waals surface area contributed by atoms with Crippen molar-refractivity contribution < 1.29 is 9.90 Å². The zero-order valence-electron chi connectivity index (χ0n) is 10.3. The Morgan fingerprint density at radius 2 is 2.28 bits per heavy atom. The summed E-state index contributed by atoms with van der Waals surface area (Å²) in [4.78, 5) is 16.1. The first-order chi connectivity index (χ1) is 8.72. The fraction of sp³-hybridized carbons (Fsp3) is 0.636. The minimum absolute atomic E-state index is 0.101. The molecule has 1 aliphatic heterocycles. The second-order valence-corrected chi connectivity index (χ2v) is 4.41. The number of anilines is 1. The number of nitrogens with one attached hydrogen (secondary N) is 1. The Balaban J connectivity index is 1.98. The molecule has 4 N–H and O–H groups in total. The quantitative estimate of drug-likeness (QED) is 0.650. The zero-order valence-corrected chi connectivity index (χ0v) is 10.3. The number of rotatable bonds is 3. The maximum Gasteiger partial charge on any atom is 0.274 e. The third kappa shape index (κ3) is 2.80.